The molecule has 22 heteroatoms. The number of phosphoric acid groups is 2. The Hall–Kier alpha value is -1.61. The Morgan fingerprint density at radius 1 is 0.973 bits per heavy atom. The molecule has 0 aromatic carbocycles. The molecule has 0 aliphatic carbocycles. The van der Waals surface area contributed by atoms with Gasteiger partial charge in [-0.1, -0.05) is 0 Å². The predicted octanol–water partition coefficient (Wildman–Crippen LogP) is -4.48. The zero-order chi connectivity index (χ0) is 27.9. The van der Waals surface area contributed by atoms with Crippen LogP contribution in [0.25, 0.3) is 0 Å². The Morgan fingerprint density at radius 2 is 1.62 bits per heavy atom. The lowest BCUT2D eigenvalue weighted by Gasteiger charge is -2.38. The molecule has 0 aromatic rings. The van der Waals surface area contributed by atoms with Crippen molar-refractivity contribution in [1.29, 1.82) is 0 Å². The molecule has 3 aliphatic rings. The standard InChI is InChI=1S/C15H24N2O18P2/c18-5-1-2-17(15(26)16-5)12-9(22)6(19)4(32-12)3-31-36(27,28)35-37(29,30)34-14-10(23)7(20)8(21)11(33-14)13(24)25/h4,6-12,14,19-23H,1-3H2,(H,24,25)(H,27,28)(H,29,30)(H,16,18,26)/t4-,6-,7+,8+,9-,10-,11+,12-,14?/m1/s1. The first-order chi connectivity index (χ1) is 17.0. The highest BCUT2D eigenvalue weighted by atomic mass is 31.3. The molecule has 0 bridgehead atoms. The van der Waals surface area contributed by atoms with Crippen molar-refractivity contribution in [2.45, 2.75) is 61.7 Å². The molecule has 3 aliphatic heterocycles. The maximum atomic E-state index is 12.2. The third kappa shape index (κ3) is 6.88. The number of urea groups is 1. The Labute approximate surface area is 206 Å². The number of imide groups is 1. The van der Waals surface area contributed by atoms with E-state index in [1.165, 1.54) is 0 Å². The normalized spacial score (nSPS) is 40.1. The van der Waals surface area contributed by atoms with E-state index in [1.54, 1.807) is 0 Å². The molecule has 0 radical (unpaired) electrons. The van der Waals surface area contributed by atoms with Crippen LogP contribution in [0.5, 0.6) is 0 Å². The fourth-order valence-electron chi connectivity index (χ4n) is 3.56. The van der Waals surface area contributed by atoms with Gasteiger partial charge in [-0.3, -0.25) is 24.1 Å². The SMILES string of the molecule is O=C1CCN([C@@H]2O[C@H](COP(=O)(O)OP(=O)(O)OC3O[C@H](C(=O)O)[C@@H](O)[C@H](O)[C@H]3O)[C@@H](O)[C@H]2O)C(=O)N1. The van der Waals surface area contributed by atoms with Crippen LogP contribution in [-0.2, 0) is 41.6 Å². The van der Waals surface area contributed by atoms with Crippen LogP contribution in [0.4, 0.5) is 4.79 Å². The number of carbonyl (C=O) groups is 3. The van der Waals surface area contributed by atoms with Gasteiger partial charge in [0, 0.05) is 13.0 Å². The number of hydrogen-bond donors (Lipinski definition) is 9. The van der Waals surface area contributed by atoms with Crippen molar-refractivity contribution in [3.05, 3.63) is 0 Å². The third-order valence-corrected chi connectivity index (χ3v) is 7.99. The Morgan fingerprint density at radius 3 is 2.22 bits per heavy atom. The molecule has 3 heterocycles. The molecule has 3 fully saturated rings. The van der Waals surface area contributed by atoms with E-state index < -0.39 is 95.4 Å². The molecule has 0 spiro atoms. The average Bonchev–Trinajstić information content (AvgIpc) is 3.05. The summed E-state index contributed by atoms with van der Waals surface area (Å²) in [5.41, 5.74) is 0. The van der Waals surface area contributed by atoms with Gasteiger partial charge in [0.1, 0.15) is 36.6 Å². The summed E-state index contributed by atoms with van der Waals surface area (Å²) in [6.07, 6.45) is -18.1. The molecule has 0 aromatic heterocycles. The number of aliphatic carboxylic acids is 1. The van der Waals surface area contributed by atoms with Gasteiger partial charge >= 0.3 is 27.6 Å². The topological polar surface area (TPSA) is 309 Å². The van der Waals surface area contributed by atoms with Crippen LogP contribution in [0.3, 0.4) is 0 Å². The minimum atomic E-state index is -5.71. The molecule has 37 heavy (non-hydrogen) atoms. The zero-order valence-corrected chi connectivity index (χ0v) is 20.1. The Kier molecular flexibility index (Phi) is 9.10. The van der Waals surface area contributed by atoms with Gasteiger partial charge in [0.2, 0.25) is 5.91 Å². The number of nitrogens with zero attached hydrogens (tertiary/aromatic N) is 1. The smallest absolute Gasteiger partial charge is 0.479 e. The van der Waals surface area contributed by atoms with Gasteiger partial charge in [-0.2, -0.15) is 4.31 Å². The average molecular weight is 582 g/mol. The number of carboxylic acid groups (broad SMARTS) is 1. The van der Waals surface area contributed by atoms with Crippen molar-refractivity contribution in [3.8, 4) is 0 Å². The van der Waals surface area contributed by atoms with E-state index in [1.807, 2.05) is 5.32 Å². The fraction of sp³-hybridized carbons (Fsp3) is 0.800. The zero-order valence-electron chi connectivity index (χ0n) is 18.3. The van der Waals surface area contributed by atoms with Crippen LogP contribution in [0.15, 0.2) is 0 Å². The summed E-state index contributed by atoms with van der Waals surface area (Å²) >= 11 is 0. The van der Waals surface area contributed by atoms with E-state index in [-0.39, 0.29) is 13.0 Å². The van der Waals surface area contributed by atoms with Crippen LogP contribution in [0.2, 0.25) is 0 Å². The highest BCUT2D eigenvalue weighted by molar-refractivity contribution is 7.61. The van der Waals surface area contributed by atoms with Crippen LogP contribution in [0.1, 0.15) is 6.42 Å². The maximum absolute atomic E-state index is 12.2. The number of aliphatic hydroxyl groups excluding tert-OH is 5. The molecule has 3 amide bonds. The highest BCUT2D eigenvalue weighted by Gasteiger charge is 2.52. The largest absolute Gasteiger partial charge is 0.483 e. The van der Waals surface area contributed by atoms with Crippen LogP contribution in [-0.4, -0.2) is 132 Å². The van der Waals surface area contributed by atoms with E-state index in [4.69, 9.17) is 9.84 Å². The van der Waals surface area contributed by atoms with Gasteiger partial charge in [0.05, 0.1) is 6.61 Å². The van der Waals surface area contributed by atoms with Gasteiger partial charge in [-0.15, -0.1) is 0 Å². The molecular weight excluding hydrogens is 558 g/mol. The van der Waals surface area contributed by atoms with E-state index in [9.17, 15) is 58.8 Å². The first kappa shape index (κ1) is 29.9. The van der Waals surface area contributed by atoms with Gasteiger partial charge in [-0.25, -0.2) is 18.7 Å². The minimum Gasteiger partial charge on any atom is -0.479 e. The lowest BCUT2D eigenvalue weighted by Crippen LogP contribution is -2.60. The molecule has 3 unspecified atom stereocenters. The first-order valence-corrected chi connectivity index (χ1v) is 13.3. The molecule has 212 valence electrons. The van der Waals surface area contributed by atoms with Crippen molar-refractivity contribution in [3.63, 3.8) is 0 Å². The summed E-state index contributed by atoms with van der Waals surface area (Å²) < 4.78 is 47.0. The van der Waals surface area contributed by atoms with Gasteiger partial charge in [-0.05, 0) is 0 Å². The molecule has 3 saturated heterocycles. The number of nitrogens with one attached hydrogen (secondary N) is 1. The van der Waals surface area contributed by atoms with E-state index >= 15 is 0 Å². The lowest BCUT2D eigenvalue weighted by atomic mass is 9.99. The second-order valence-corrected chi connectivity index (χ2v) is 11.0. The van der Waals surface area contributed by atoms with Gasteiger partial charge in [0.25, 0.3) is 0 Å². The second kappa shape index (κ2) is 11.2. The lowest BCUT2D eigenvalue weighted by molar-refractivity contribution is -0.274. The van der Waals surface area contributed by atoms with Gasteiger partial charge < -0.3 is 49.9 Å². The number of hydrogen-bond acceptors (Lipinski definition) is 15. The molecule has 9 N–H and O–H groups in total. The first-order valence-electron chi connectivity index (χ1n) is 10.3. The minimum absolute atomic E-state index is 0.135. The van der Waals surface area contributed by atoms with Crippen molar-refractivity contribution in [1.82, 2.24) is 10.2 Å². The van der Waals surface area contributed by atoms with Crippen molar-refractivity contribution < 1.29 is 86.8 Å². The van der Waals surface area contributed by atoms with E-state index in [0.29, 0.717) is 0 Å². The molecule has 0 saturated carbocycles. The quantitative estimate of drug-likeness (QED) is 0.116. The predicted molar refractivity (Wildman–Crippen MR) is 108 cm³/mol. The summed E-state index contributed by atoms with van der Waals surface area (Å²) in [6.45, 7) is -1.23. The number of carboxylic acids is 1. The summed E-state index contributed by atoms with van der Waals surface area (Å²) in [4.78, 5) is 54.7. The highest BCUT2D eigenvalue weighted by Crippen LogP contribution is 2.61. The summed E-state index contributed by atoms with van der Waals surface area (Å²) in [5.74, 6) is -2.43. The Balaban J connectivity index is 1.58. The van der Waals surface area contributed by atoms with Gasteiger partial charge in [0.15, 0.2) is 18.6 Å². The number of aliphatic hydroxyl groups is 5. The molecular formula is C15H24N2O18P2. The Bertz CT molecular complexity index is 996. The summed E-state index contributed by atoms with van der Waals surface area (Å²) in [7, 11) is -11.3. The van der Waals surface area contributed by atoms with Crippen LogP contribution < -0.4 is 5.32 Å². The van der Waals surface area contributed by atoms with E-state index in [0.717, 1.165) is 4.90 Å². The second-order valence-electron chi connectivity index (χ2n) is 8.00. The molecule has 3 rings (SSSR count). The van der Waals surface area contributed by atoms with Crippen LogP contribution in [0, 0.1) is 0 Å². The van der Waals surface area contributed by atoms with Crippen molar-refractivity contribution >= 4 is 33.6 Å². The number of phosphoric ester groups is 2. The monoisotopic (exact) mass is 582 g/mol. The summed E-state index contributed by atoms with van der Waals surface area (Å²) in [5, 5.41) is 60.3. The van der Waals surface area contributed by atoms with E-state index in [2.05, 4.69) is 18.1 Å². The number of carbonyl (C=O) groups excluding carboxylic acids is 2. The fourth-order valence-corrected chi connectivity index (χ4v) is 5.71. The third-order valence-electron chi connectivity index (χ3n) is 5.39. The molecule has 11 atom stereocenters. The van der Waals surface area contributed by atoms with Crippen molar-refractivity contribution in [2.24, 2.45) is 0 Å². The van der Waals surface area contributed by atoms with Crippen LogP contribution >= 0.6 is 15.6 Å². The maximum Gasteiger partial charge on any atom is 0.483 e. The number of rotatable bonds is 9. The van der Waals surface area contributed by atoms with Crippen molar-refractivity contribution in [2.75, 3.05) is 13.2 Å². The molecule has 20 nitrogen and oxygen atoms in total. The summed E-state index contributed by atoms with van der Waals surface area (Å²) in [6, 6.07) is -0.932. The number of amides is 3. The number of ether oxygens (including phenoxy) is 2.